The number of anilines is 1. The van der Waals surface area contributed by atoms with Gasteiger partial charge >= 0.3 is 0 Å². The quantitative estimate of drug-likeness (QED) is 0.274. The summed E-state index contributed by atoms with van der Waals surface area (Å²) in [7, 11) is 0. The van der Waals surface area contributed by atoms with Gasteiger partial charge in [0.25, 0.3) is 0 Å². The van der Waals surface area contributed by atoms with Crippen LogP contribution in [0.15, 0.2) is 89.3 Å². The highest BCUT2D eigenvalue weighted by Crippen LogP contribution is 2.70. The summed E-state index contributed by atoms with van der Waals surface area (Å²) in [6, 6.07) is 15.0. The largest absolute Gasteiger partial charge is 0.489 e. The Bertz CT molecular complexity index is 1830. The lowest BCUT2D eigenvalue weighted by molar-refractivity contribution is -0.201. The van der Waals surface area contributed by atoms with Crippen LogP contribution in [0.5, 0.6) is 5.75 Å². The highest BCUT2D eigenvalue weighted by molar-refractivity contribution is 6.01. The number of hydrogen-bond acceptors (Lipinski definition) is 9. The van der Waals surface area contributed by atoms with Crippen LogP contribution in [0.1, 0.15) is 56.9 Å². The Morgan fingerprint density at radius 1 is 1.15 bits per heavy atom. The van der Waals surface area contributed by atoms with Gasteiger partial charge in [-0.25, -0.2) is 0 Å². The fourth-order valence-corrected chi connectivity index (χ4v) is 10.2. The van der Waals surface area contributed by atoms with Crippen LogP contribution in [0, 0.1) is 28.6 Å². The van der Waals surface area contributed by atoms with E-state index in [1.54, 1.807) is 24.7 Å². The molecule has 2 aromatic carbocycles. The SMILES string of the molecule is C[C@]12C=CC(=O)C=C1CC[C@@H]1[C@@H]2[C@@H](O)C[C@@]2(C)[C@H]1C[C@H]1O[C@@H](c3cc(OCc4cccc(N)c4)ccc3-c3ccoc3)O[C@]12C(=O)CO. The number of benzene rings is 2. The Morgan fingerprint density at radius 3 is 2.77 bits per heavy atom. The van der Waals surface area contributed by atoms with Crippen molar-refractivity contribution in [3.8, 4) is 16.9 Å². The molecule has 0 bridgehead atoms. The van der Waals surface area contributed by atoms with Crippen molar-refractivity contribution in [1.82, 2.24) is 0 Å². The zero-order valence-corrected chi connectivity index (χ0v) is 27.1. The van der Waals surface area contributed by atoms with Gasteiger partial charge < -0.3 is 34.6 Å². The van der Waals surface area contributed by atoms with E-state index in [1.807, 2.05) is 61.5 Å². The van der Waals surface area contributed by atoms with E-state index in [4.69, 9.17) is 24.4 Å². The minimum Gasteiger partial charge on any atom is -0.489 e. The Morgan fingerprint density at radius 2 is 2.00 bits per heavy atom. The molecule has 3 saturated carbocycles. The van der Waals surface area contributed by atoms with E-state index in [-0.39, 0.29) is 23.5 Å². The van der Waals surface area contributed by atoms with Crippen molar-refractivity contribution >= 4 is 17.3 Å². The lowest BCUT2D eigenvalue weighted by Crippen LogP contribution is -2.63. The molecule has 0 unspecified atom stereocenters. The Kier molecular flexibility index (Phi) is 7.34. The number of nitrogen functional groups attached to an aromatic ring is 1. The molecule has 9 heteroatoms. The topological polar surface area (TPSA) is 141 Å². The van der Waals surface area contributed by atoms with Crippen LogP contribution in [0.3, 0.4) is 0 Å². The maximum atomic E-state index is 14.1. The minimum absolute atomic E-state index is 0.00178. The van der Waals surface area contributed by atoms with Crippen LogP contribution in [0.4, 0.5) is 5.69 Å². The van der Waals surface area contributed by atoms with Gasteiger partial charge in [0, 0.05) is 33.6 Å². The monoisotopic (exact) mass is 651 g/mol. The highest BCUT2D eigenvalue weighted by atomic mass is 16.7. The standard InChI is InChI=1S/C39H41NO8/c1-37-12-10-26(42)15-24(37)6-8-29-31-17-34-39(33(44)19-41,38(31,2)18-32(43)35(29)37)48-36(47-34)30-16-27(7-9-28(30)23-11-13-45-21-23)46-20-22-4-3-5-25(40)14-22/h3-5,7,9-16,21,29,31-32,34-36,41,43H,6,8,17-20,40H2,1-2H3/t29-,31-,32-,34+,35+,36+,37-,38-,39+/m0/s1. The van der Waals surface area contributed by atoms with E-state index < -0.39 is 47.3 Å². The second kappa shape index (κ2) is 11.3. The number of allylic oxidation sites excluding steroid dienone is 4. The summed E-state index contributed by atoms with van der Waals surface area (Å²) in [4.78, 5) is 26.3. The molecule has 1 saturated heterocycles. The molecule has 9 atom stereocenters. The third-order valence-corrected chi connectivity index (χ3v) is 12.3. The lowest BCUT2D eigenvalue weighted by atomic mass is 9.46. The van der Waals surface area contributed by atoms with Gasteiger partial charge in [0.15, 0.2) is 23.5 Å². The van der Waals surface area contributed by atoms with Crippen molar-refractivity contribution in [3.05, 3.63) is 96.0 Å². The summed E-state index contributed by atoms with van der Waals surface area (Å²) in [5, 5.41) is 22.4. The van der Waals surface area contributed by atoms with E-state index >= 15 is 0 Å². The molecule has 48 heavy (non-hydrogen) atoms. The summed E-state index contributed by atoms with van der Waals surface area (Å²) in [6.07, 6.45) is 8.64. The molecule has 4 fully saturated rings. The first-order valence-corrected chi connectivity index (χ1v) is 16.8. The van der Waals surface area contributed by atoms with Gasteiger partial charge in [-0.1, -0.05) is 43.7 Å². The van der Waals surface area contributed by atoms with Crippen LogP contribution in [-0.2, 0) is 25.7 Å². The average molecular weight is 652 g/mol. The van der Waals surface area contributed by atoms with Gasteiger partial charge in [-0.2, -0.15) is 0 Å². The lowest BCUT2D eigenvalue weighted by Gasteiger charge is -2.59. The van der Waals surface area contributed by atoms with Crippen molar-refractivity contribution in [2.75, 3.05) is 12.3 Å². The normalized spacial score (nSPS) is 36.5. The van der Waals surface area contributed by atoms with Crippen molar-refractivity contribution in [2.24, 2.45) is 28.6 Å². The van der Waals surface area contributed by atoms with Crippen LogP contribution in [0.2, 0.25) is 0 Å². The summed E-state index contributed by atoms with van der Waals surface area (Å²) in [5.74, 6) is 0.0972. The number of fused-ring (bicyclic) bond motifs is 7. The van der Waals surface area contributed by atoms with Gasteiger partial charge in [0.1, 0.15) is 19.0 Å². The fraction of sp³-hybridized carbons (Fsp3) is 0.436. The van der Waals surface area contributed by atoms with E-state index in [1.165, 1.54) is 0 Å². The first-order chi connectivity index (χ1) is 23.1. The van der Waals surface area contributed by atoms with Gasteiger partial charge in [-0.15, -0.1) is 0 Å². The number of aliphatic hydroxyl groups excluding tert-OH is 2. The van der Waals surface area contributed by atoms with Crippen LogP contribution in [0.25, 0.3) is 11.1 Å². The fourth-order valence-electron chi connectivity index (χ4n) is 10.2. The van der Waals surface area contributed by atoms with Gasteiger partial charge in [-0.05, 0) is 91.1 Å². The van der Waals surface area contributed by atoms with E-state index in [0.717, 1.165) is 35.1 Å². The minimum atomic E-state index is -1.47. The summed E-state index contributed by atoms with van der Waals surface area (Å²) in [6.45, 7) is 3.76. The maximum Gasteiger partial charge on any atom is 0.193 e. The molecule has 8 rings (SSSR count). The van der Waals surface area contributed by atoms with E-state index in [2.05, 4.69) is 6.92 Å². The number of carbonyl (C=O) groups is 2. The van der Waals surface area contributed by atoms with Crippen LogP contribution in [-0.4, -0.2) is 46.2 Å². The van der Waals surface area contributed by atoms with Gasteiger partial charge in [-0.3, -0.25) is 9.59 Å². The molecular formula is C39H41NO8. The summed E-state index contributed by atoms with van der Waals surface area (Å²) < 4.78 is 25.3. The van der Waals surface area contributed by atoms with Crippen molar-refractivity contribution in [3.63, 3.8) is 0 Å². The molecule has 0 spiro atoms. The van der Waals surface area contributed by atoms with Crippen LogP contribution < -0.4 is 10.5 Å². The molecule has 9 nitrogen and oxygen atoms in total. The number of aliphatic hydroxyl groups is 2. The van der Waals surface area contributed by atoms with Gasteiger partial charge in [0.2, 0.25) is 0 Å². The first-order valence-electron chi connectivity index (χ1n) is 16.8. The number of furan rings is 1. The van der Waals surface area contributed by atoms with Gasteiger partial charge in [0.05, 0.1) is 24.7 Å². The number of carbonyl (C=O) groups excluding carboxylic acids is 2. The van der Waals surface area contributed by atoms with Crippen LogP contribution >= 0.6 is 0 Å². The maximum absolute atomic E-state index is 14.1. The zero-order chi connectivity index (χ0) is 33.4. The highest BCUT2D eigenvalue weighted by Gasteiger charge is 2.76. The van der Waals surface area contributed by atoms with E-state index in [0.29, 0.717) is 36.4 Å². The number of nitrogens with two attached hydrogens (primary N) is 1. The second-order valence-electron chi connectivity index (χ2n) is 14.6. The van der Waals surface area contributed by atoms with Crippen molar-refractivity contribution in [1.29, 1.82) is 0 Å². The molecule has 250 valence electrons. The molecular weight excluding hydrogens is 610 g/mol. The number of ketones is 2. The van der Waals surface area contributed by atoms with Crippen molar-refractivity contribution in [2.45, 2.75) is 70.2 Å². The molecule has 1 aliphatic heterocycles. The molecule has 0 radical (unpaired) electrons. The second-order valence-corrected chi connectivity index (χ2v) is 14.6. The first kappa shape index (κ1) is 31.3. The Hall–Kier alpha value is -4.02. The average Bonchev–Trinajstić information content (AvgIpc) is 3.79. The summed E-state index contributed by atoms with van der Waals surface area (Å²) in [5.41, 5.74) is 8.18. The number of rotatable bonds is 7. The zero-order valence-electron chi connectivity index (χ0n) is 27.1. The molecule has 2 heterocycles. The summed E-state index contributed by atoms with van der Waals surface area (Å²) >= 11 is 0. The molecule has 0 amide bonds. The number of ether oxygens (including phenoxy) is 3. The number of Topliss-reactive ketones (excluding diaryl/α,β-unsaturated/α-hetero) is 1. The smallest absolute Gasteiger partial charge is 0.193 e. The molecule has 4 N–H and O–H groups in total. The van der Waals surface area contributed by atoms with E-state index in [9.17, 15) is 19.8 Å². The third-order valence-electron chi connectivity index (χ3n) is 12.3. The third kappa shape index (κ3) is 4.51. The molecule has 3 aromatic rings. The molecule has 5 aliphatic rings. The molecule has 1 aromatic heterocycles. The number of hydrogen-bond donors (Lipinski definition) is 3. The Balaban J connectivity index is 1.15. The predicted molar refractivity (Wildman–Crippen MR) is 176 cm³/mol. The van der Waals surface area contributed by atoms with Crippen molar-refractivity contribution < 1.29 is 38.4 Å². The Labute approximate surface area is 279 Å². The predicted octanol–water partition coefficient (Wildman–Crippen LogP) is 5.71. The molecule has 4 aliphatic carbocycles.